The van der Waals surface area contributed by atoms with Crippen LogP contribution in [0.1, 0.15) is 5.56 Å². The van der Waals surface area contributed by atoms with Crippen molar-refractivity contribution >= 4 is 21.7 Å². The SMILES string of the molecule is N#Cc1cc(F)c(F)cc1-c1ccc2c(=O)n(-c3cncc4ccccc34)c(=O)[nH]c2c1. The Morgan fingerprint density at radius 3 is 2.53 bits per heavy atom. The highest BCUT2D eigenvalue weighted by atomic mass is 19.2. The molecule has 0 aliphatic rings. The van der Waals surface area contributed by atoms with Crippen LogP contribution in [0.25, 0.3) is 38.5 Å². The van der Waals surface area contributed by atoms with Crippen molar-refractivity contribution in [2.75, 3.05) is 0 Å². The van der Waals surface area contributed by atoms with Gasteiger partial charge in [0, 0.05) is 22.5 Å². The Balaban J connectivity index is 1.76. The number of nitriles is 1. The summed E-state index contributed by atoms with van der Waals surface area (Å²) in [5.41, 5.74) is -0.254. The van der Waals surface area contributed by atoms with E-state index in [4.69, 9.17) is 0 Å². The van der Waals surface area contributed by atoms with Crippen molar-refractivity contribution in [3.8, 4) is 22.9 Å². The first-order valence-corrected chi connectivity index (χ1v) is 9.49. The molecular weight excluding hydrogens is 414 g/mol. The van der Waals surface area contributed by atoms with Gasteiger partial charge < -0.3 is 4.98 Å². The molecule has 0 spiro atoms. The molecule has 0 saturated carbocycles. The van der Waals surface area contributed by atoms with Gasteiger partial charge in [-0.1, -0.05) is 30.3 Å². The molecule has 0 bridgehead atoms. The van der Waals surface area contributed by atoms with Crippen molar-refractivity contribution in [3.05, 3.63) is 105 Å². The van der Waals surface area contributed by atoms with Crippen LogP contribution in [0, 0.1) is 23.0 Å². The number of rotatable bonds is 2. The van der Waals surface area contributed by atoms with Gasteiger partial charge in [0.2, 0.25) is 0 Å². The number of benzene rings is 3. The summed E-state index contributed by atoms with van der Waals surface area (Å²) in [7, 11) is 0. The fourth-order valence-electron chi connectivity index (χ4n) is 3.76. The van der Waals surface area contributed by atoms with Gasteiger partial charge in [-0.15, -0.1) is 0 Å². The van der Waals surface area contributed by atoms with Crippen LogP contribution in [0.15, 0.2) is 76.6 Å². The van der Waals surface area contributed by atoms with Gasteiger partial charge >= 0.3 is 5.69 Å². The Bertz CT molecular complexity index is 1710. The fourth-order valence-corrected chi connectivity index (χ4v) is 3.76. The van der Waals surface area contributed by atoms with E-state index < -0.39 is 22.9 Å². The Hall–Kier alpha value is -4.64. The van der Waals surface area contributed by atoms with E-state index in [1.54, 1.807) is 18.3 Å². The van der Waals surface area contributed by atoms with E-state index in [9.17, 15) is 23.6 Å². The molecule has 0 atom stereocenters. The fraction of sp³-hybridized carbons (Fsp3) is 0. The van der Waals surface area contributed by atoms with Gasteiger partial charge in [-0.25, -0.2) is 18.1 Å². The molecule has 0 unspecified atom stereocenters. The van der Waals surface area contributed by atoms with Crippen LogP contribution in [0.5, 0.6) is 0 Å². The van der Waals surface area contributed by atoms with E-state index in [2.05, 4.69) is 9.97 Å². The lowest BCUT2D eigenvalue weighted by Gasteiger charge is -2.11. The van der Waals surface area contributed by atoms with Crippen molar-refractivity contribution in [3.63, 3.8) is 0 Å². The summed E-state index contributed by atoms with van der Waals surface area (Å²) < 4.78 is 28.3. The Kier molecular flexibility index (Phi) is 4.38. The third-order valence-electron chi connectivity index (χ3n) is 5.28. The number of aromatic amines is 1. The molecule has 154 valence electrons. The highest BCUT2D eigenvalue weighted by Gasteiger charge is 2.15. The van der Waals surface area contributed by atoms with Crippen LogP contribution in [0.3, 0.4) is 0 Å². The lowest BCUT2D eigenvalue weighted by Crippen LogP contribution is -2.33. The number of nitrogens with one attached hydrogen (secondary N) is 1. The second-order valence-electron chi connectivity index (χ2n) is 7.13. The van der Waals surface area contributed by atoms with E-state index in [-0.39, 0.29) is 22.0 Å². The molecule has 32 heavy (non-hydrogen) atoms. The highest BCUT2D eigenvalue weighted by molar-refractivity contribution is 5.90. The number of nitrogens with zero attached hydrogens (tertiary/aromatic N) is 3. The zero-order valence-electron chi connectivity index (χ0n) is 16.3. The monoisotopic (exact) mass is 426 g/mol. The number of halogens is 2. The summed E-state index contributed by atoms with van der Waals surface area (Å²) in [6.45, 7) is 0. The summed E-state index contributed by atoms with van der Waals surface area (Å²) in [6, 6.07) is 15.2. The molecule has 5 rings (SSSR count). The maximum atomic E-state index is 13.8. The van der Waals surface area contributed by atoms with E-state index in [1.807, 2.05) is 18.2 Å². The average molecular weight is 426 g/mol. The first-order chi connectivity index (χ1) is 15.5. The molecule has 5 aromatic rings. The molecule has 0 radical (unpaired) electrons. The lowest BCUT2D eigenvalue weighted by molar-refractivity contribution is 0.508. The van der Waals surface area contributed by atoms with E-state index >= 15 is 0 Å². The smallest absolute Gasteiger partial charge is 0.306 e. The van der Waals surface area contributed by atoms with Gasteiger partial charge in [0.25, 0.3) is 5.56 Å². The number of hydrogen-bond donors (Lipinski definition) is 1. The van der Waals surface area contributed by atoms with E-state index in [0.717, 1.165) is 22.1 Å². The summed E-state index contributed by atoms with van der Waals surface area (Å²) in [5.74, 6) is -2.24. The Morgan fingerprint density at radius 1 is 0.938 bits per heavy atom. The summed E-state index contributed by atoms with van der Waals surface area (Å²) in [6.07, 6.45) is 3.08. The molecule has 0 fully saturated rings. The van der Waals surface area contributed by atoms with Gasteiger partial charge in [-0.2, -0.15) is 5.26 Å². The molecule has 0 aliphatic carbocycles. The normalized spacial score (nSPS) is 11.0. The van der Waals surface area contributed by atoms with Crippen LogP contribution in [0.2, 0.25) is 0 Å². The van der Waals surface area contributed by atoms with Gasteiger partial charge in [-0.05, 0) is 29.8 Å². The summed E-state index contributed by atoms with van der Waals surface area (Å²) in [5, 5.41) is 11.0. The zero-order valence-corrected chi connectivity index (χ0v) is 16.3. The number of aromatic nitrogens is 3. The number of hydrogen-bond acceptors (Lipinski definition) is 4. The Labute approximate surface area is 178 Å². The van der Waals surface area contributed by atoms with Gasteiger partial charge in [0.15, 0.2) is 11.6 Å². The van der Waals surface area contributed by atoms with Gasteiger partial charge in [0.05, 0.1) is 34.4 Å². The molecule has 3 aromatic carbocycles. The van der Waals surface area contributed by atoms with Crippen molar-refractivity contribution < 1.29 is 8.78 Å². The third-order valence-corrected chi connectivity index (χ3v) is 5.28. The zero-order chi connectivity index (χ0) is 22.4. The minimum atomic E-state index is -1.13. The van der Waals surface area contributed by atoms with Crippen molar-refractivity contribution in [1.82, 2.24) is 14.5 Å². The number of fused-ring (bicyclic) bond motifs is 2. The second kappa shape index (κ2) is 7.25. The largest absolute Gasteiger partial charge is 0.333 e. The molecule has 0 amide bonds. The molecule has 8 heteroatoms. The molecule has 1 N–H and O–H groups in total. The quantitative estimate of drug-likeness (QED) is 0.461. The number of pyridine rings is 1. The number of H-pyrrole nitrogens is 1. The van der Waals surface area contributed by atoms with Crippen molar-refractivity contribution in [1.29, 1.82) is 5.26 Å². The minimum Gasteiger partial charge on any atom is -0.306 e. The molecule has 0 saturated heterocycles. The van der Waals surface area contributed by atoms with Crippen LogP contribution in [-0.2, 0) is 0 Å². The third kappa shape index (κ3) is 2.96. The second-order valence-corrected chi connectivity index (χ2v) is 7.13. The predicted octanol–water partition coefficient (Wildman–Crippen LogP) is 4.04. The van der Waals surface area contributed by atoms with Crippen molar-refractivity contribution in [2.24, 2.45) is 0 Å². The van der Waals surface area contributed by atoms with Crippen LogP contribution in [-0.4, -0.2) is 14.5 Å². The topological polar surface area (TPSA) is 91.5 Å². The summed E-state index contributed by atoms with van der Waals surface area (Å²) in [4.78, 5) is 32.9. The molecule has 2 heterocycles. The van der Waals surface area contributed by atoms with E-state index in [1.165, 1.54) is 24.4 Å². The van der Waals surface area contributed by atoms with Crippen LogP contribution in [0.4, 0.5) is 8.78 Å². The summed E-state index contributed by atoms with van der Waals surface area (Å²) >= 11 is 0. The standard InChI is InChI=1S/C24H12F2N4O2/c25-19-7-15(10-27)18(9-20(19)26)13-5-6-17-21(8-13)29-24(32)30(23(17)31)22-12-28-11-14-3-1-2-4-16(14)22/h1-9,11-12H,(H,29,32). The first kappa shape index (κ1) is 19.3. The first-order valence-electron chi connectivity index (χ1n) is 9.49. The van der Waals surface area contributed by atoms with Gasteiger partial charge in [0.1, 0.15) is 0 Å². The molecule has 0 aliphatic heterocycles. The maximum absolute atomic E-state index is 13.8. The van der Waals surface area contributed by atoms with Crippen LogP contribution < -0.4 is 11.2 Å². The minimum absolute atomic E-state index is 0.0687. The molecule has 2 aromatic heterocycles. The highest BCUT2D eigenvalue weighted by Crippen LogP contribution is 2.28. The Morgan fingerprint density at radius 2 is 1.72 bits per heavy atom. The van der Waals surface area contributed by atoms with Crippen molar-refractivity contribution in [2.45, 2.75) is 0 Å². The average Bonchev–Trinajstić information content (AvgIpc) is 2.80. The molecule has 6 nitrogen and oxygen atoms in total. The van der Waals surface area contributed by atoms with Crippen LogP contribution >= 0.6 is 0 Å². The molecular formula is C24H12F2N4O2. The van der Waals surface area contributed by atoms with Gasteiger partial charge in [-0.3, -0.25) is 9.78 Å². The lowest BCUT2D eigenvalue weighted by atomic mass is 9.99. The maximum Gasteiger partial charge on any atom is 0.333 e. The predicted molar refractivity (Wildman–Crippen MR) is 116 cm³/mol. The van der Waals surface area contributed by atoms with E-state index in [0.29, 0.717) is 16.6 Å².